The van der Waals surface area contributed by atoms with Gasteiger partial charge in [-0.3, -0.25) is 4.79 Å². The zero-order valence-corrected chi connectivity index (χ0v) is 18.6. The third-order valence-electron chi connectivity index (χ3n) is 5.30. The van der Waals surface area contributed by atoms with Crippen molar-refractivity contribution in [3.63, 3.8) is 0 Å². The smallest absolute Gasteiger partial charge is 0.357 e. The summed E-state index contributed by atoms with van der Waals surface area (Å²) in [5, 5.41) is 2.61. The molecule has 0 saturated carbocycles. The lowest BCUT2D eigenvalue weighted by Gasteiger charge is -2.33. The van der Waals surface area contributed by atoms with E-state index in [9.17, 15) is 22.4 Å². The molecule has 0 heterocycles. The highest BCUT2D eigenvalue weighted by Crippen LogP contribution is 2.32. The first-order chi connectivity index (χ1) is 15.7. The molecule has 0 bridgehead atoms. The first-order valence-electron chi connectivity index (χ1n) is 10.3. The molecule has 0 radical (unpaired) electrons. The van der Waals surface area contributed by atoms with Gasteiger partial charge in [0.2, 0.25) is 5.91 Å². The molecule has 3 aromatic carbocycles. The van der Waals surface area contributed by atoms with Crippen molar-refractivity contribution in [1.82, 2.24) is 5.32 Å². The van der Waals surface area contributed by atoms with Gasteiger partial charge in [0, 0.05) is 19.3 Å². The number of rotatable bonds is 8. The molecular weight excluding hydrogens is 456 g/mol. The van der Waals surface area contributed by atoms with Gasteiger partial charge < -0.3 is 10.2 Å². The van der Waals surface area contributed by atoms with Gasteiger partial charge in [-0.05, 0) is 54.3 Å². The standard InChI is InChI=1S/C25H23ClF4N2O/c1-31-24(33)23(18-7-3-2-4-8-18)32(20-13-14-22(27)21(26)16-20)15-5-6-17-9-11-19(12-10-17)25(28,29)30/h2-4,7-14,16,23H,5-6,15H2,1H3,(H,31,33)/t23-/m0/s1. The van der Waals surface area contributed by atoms with Crippen LogP contribution in [0.5, 0.6) is 0 Å². The van der Waals surface area contributed by atoms with Crippen LogP contribution in [0.1, 0.15) is 29.2 Å². The molecule has 0 spiro atoms. The molecule has 174 valence electrons. The van der Waals surface area contributed by atoms with E-state index in [1.807, 2.05) is 35.2 Å². The Bertz CT molecular complexity index is 1070. The van der Waals surface area contributed by atoms with E-state index < -0.39 is 23.6 Å². The van der Waals surface area contributed by atoms with Crippen molar-refractivity contribution < 1.29 is 22.4 Å². The van der Waals surface area contributed by atoms with Crippen LogP contribution < -0.4 is 10.2 Å². The Hall–Kier alpha value is -3.06. The zero-order chi connectivity index (χ0) is 24.0. The number of likely N-dealkylation sites (N-methyl/N-ethyl adjacent to an activating group) is 1. The largest absolute Gasteiger partial charge is 0.416 e. The molecule has 3 aromatic rings. The topological polar surface area (TPSA) is 32.3 Å². The monoisotopic (exact) mass is 478 g/mol. The number of halogens is 5. The van der Waals surface area contributed by atoms with E-state index >= 15 is 0 Å². The van der Waals surface area contributed by atoms with Crippen LogP contribution in [0.3, 0.4) is 0 Å². The molecule has 1 atom stereocenters. The first kappa shape index (κ1) is 24.6. The van der Waals surface area contributed by atoms with Crippen LogP contribution in [0.15, 0.2) is 72.8 Å². The minimum atomic E-state index is -4.38. The molecule has 0 saturated heterocycles. The van der Waals surface area contributed by atoms with Crippen molar-refractivity contribution in [2.75, 3.05) is 18.5 Å². The van der Waals surface area contributed by atoms with Crippen molar-refractivity contribution >= 4 is 23.2 Å². The lowest BCUT2D eigenvalue weighted by atomic mass is 10.0. The highest BCUT2D eigenvalue weighted by Gasteiger charge is 2.30. The molecule has 0 aliphatic rings. The number of aryl methyl sites for hydroxylation is 1. The van der Waals surface area contributed by atoms with Gasteiger partial charge in [-0.25, -0.2) is 4.39 Å². The summed E-state index contributed by atoms with van der Waals surface area (Å²) in [5.41, 5.74) is 1.35. The lowest BCUT2D eigenvalue weighted by Crippen LogP contribution is -2.40. The average Bonchev–Trinajstić information content (AvgIpc) is 2.80. The third-order valence-corrected chi connectivity index (χ3v) is 5.59. The second kappa shape index (κ2) is 10.7. The van der Waals surface area contributed by atoms with Crippen LogP contribution in [-0.4, -0.2) is 19.5 Å². The second-order valence-electron chi connectivity index (χ2n) is 7.52. The van der Waals surface area contributed by atoms with E-state index in [1.54, 1.807) is 6.07 Å². The van der Waals surface area contributed by atoms with Crippen molar-refractivity contribution in [3.8, 4) is 0 Å². The Labute approximate surface area is 195 Å². The van der Waals surface area contributed by atoms with E-state index in [0.717, 1.165) is 23.3 Å². The molecule has 3 rings (SSSR count). The molecule has 8 heteroatoms. The maximum atomic E-state index is 13.8. The number of carbonyl (C=O) groups is 1. The summed E-state index contributed by atoms with van der Waals surface area (Å²) in [6, 6.07) is 17.7. The highest BCUT2D eigenvalue weighted by atomic mass is 35.5. The molecule has 0 aliphatic carbocycles. The van der Waals surface area contributed by atoms with Crippen LogP contribution in [-0.2, 0) is 17.4 Å². The Morgan fingerprint density at radius 1 is 1.03 bits per heavy atom. The van der Waals surface area contributed by atoms with E-state index in [4.69, 9.17) is 11.6 Å². The molecular formula is C25H23ClF4N2O. The fourth-order valence-electron chi connectivity index (χ4n) is 3.63. The number of amides is 1. The van der Waals surface area contributed by atoms with Crippen LogP contribution in [0, 0.1) is 5.82 Å². The number of hydrogen-bond donors (Lipinski definition) is 1. The van der Waals surface area contributed by atoms with Crippen LogP contribution >= 0.6 is 11.6 Å². The summed E-state index contributed by atoms with van der Waals surface area (Å²) in [6.45, 7) is 0.385. The maximum absolute atomic E-state index is 13.8. The average molecular weight is 479 g/mol. The van der Waals surface area contributed by atoms with Gasteiger partial charge in [-0.15, -0.1) is 0 Å². The van der Waals surface area contributed by atoms with Crippen LogP contribution in [0.4, 0.5) is 23.2 Å². The summed E-state index contributed by atoms with van der Waals surface area (Å²) in [4.78, 5) is 14.7. The van der Waals surface area contributed by atoms with Gasteiger partial charge in [0.05, 0.1) is 10.6 Å². The normalized spacial score (nSPS) is 12.3. The van der Waals surface area contributed by atoms with Crippen LogP contribution in [0.25, 0.3) is 0 Å². The SMILES string of the molecule is CNC(=O)[C@H](c1ccccc1)N(CCCc1ccc(C(F)(F)F)cc1)c1ccc(F)c(Cl)c1. The Kier molecular flexibility index (Phi) is 7.97. The number of benzene rings is 3. The van der Waals surface area contributed by atoms with Crippen LogP contribution in [0.2, 0.25) is 5.02 Å². The summed E-state index contributed by atoms with van der Waals surface area (Å²) in [7, 11) is 1.54. The van der Waals surface area contributed by atoms with E-state index in [1.165, 1.54) is 31.3 Å². The highest BCUT2D eigenvalue weighted by molar-refractivity contribution is 6.31. The van der Waals surface area contributed by atoms with Crippen molar-refractivity contribution in [2.24, 2.45) is 0 Å². The Balaban J connectivity index is 1.87. The minimum absolute atomic E-state index is 0.0658. The maximum Gasteiger partial charge on any atom is 0.416 e. The predicted octanol–water partition coefficient (Wildman–Crippen LogP) is 6.42. The van der Waals surface area contributed by atoms with E-state index in [0.29, 0.717) is 25.1 Å². The van der Waals surface area contributed by atoms with E-state index in [2.05, 4.69) is 5.32 Å². The fraction of sp³-hybridized carbons (Fsp3) is 0.240. The fourth-order valence-corrected chi connectivity index (χ4v) is 3.80. The summed E-state index contributed by atoms with van der Waals surface area (Å²) in [5.74, 6) is -0.822. The van der Waals surface area contributed by atoms with Gasteiger partial charge >= 0.3 is 6.18 Å². The number of alkyl halides is 3. The first-order valence-corrected chi connectivity index (χ1v) is 10.7. The number of nitrogens with one attached hydrogen (secondary N) is 1. The van der Waals surface area contributed by atoms with Gasteiger partial charge in [-0.2, -0.15) is 13.2 Å². The third kappa shape index (κ3) is 6.26. The molecule has 1 amide bonds. The quantitative estimate of drug-likeness (QED) is 0.379. The Morgan fingerprint density at radius 2 is 1.70 bits per heavy atom. The molecule has 0 aliphatic heterocycles. The minimum Gasteiger partial charge on any atom is -0.357 e. The lowest BCUT2D eigenvalue weighted by molar-refractivity contribution is -0.137. The van der Waals surface area contributed by atoms with Gasteiger partial charge in [0.15, 0.2) is 0 Å². The number of carbonyl (C=O) groups excluding carboxylic acids is 1. The molecule has 1 N–H and O–H groups in total. The van der Waals surface area contributed by atoms with Gasteiger partial charge in [0.25, 0.3) is 0 Å². The molecule has 0 aromatic heterocycles. The van der Waals surface area contributed by atoms with Crippen molar-refractivity contribution in [2.45, 2.75) is 25.1 Å². The molecule has 3 nitrogen and oxygen atoms in total. The number of nitrogens with zero attached hydrogens (tertiary/aromatic N) is 1. The molecule has 0 unspecified atom stereocenters. The van der Waals surface area contributed by atoms with Crippen molar-refractivity contribution in [1.29, 1.82) is 0 Å². The second-order valence-corrected chi connectivity index (χ2v) is 7.92. The van der Waals surface area contributed by atoms with Gasteiger partial charge in [-0.1, -0.05) is 54.1 Å². The summed E-state index contributed by atoms with van der Waals surface area (Å²) in [6.07, 6.45) is -3.34. The predicted molar refractivity (Wildman–Crippen MR) is 122 cm³/mol. The van der Waals surface area contributed by atoms with Gasteiger partial charge in [0.1, 0.15) is 11.9 Å². The van der Waals surface area contributed by atoms with Crippen molar-refractivity contribution in [3.05, 3.63) is 100 Å². The molecule has 0 fully saturated rings. The molecule has 33 heavy (non-hydrogen) atoms. The zero-order valence-electron chi connectivity index (χ0n) is 17.9. The summed E-state index contributed by atoms with van der Waals surface area (Å²) >= 11 is 6.01. The number of anilines is 1. The number of hydrogen-bond acceptors (Lipinski definition) is 2. The van der Waals surface area contributed by atoms with E-state index in [-0.39, 0.29) is 10.9 Å². The Morgan fingerprint density at radius 3 is 2.27 bits per heavy atom. The summed E-state index contributed by atoms with van der Waals surface area (Å²) < 4.78 is 52.2.